The molecule has 7 heteroatoms. The number of nitrogens with zero attached hydrogens (tertiary/aromatic N) is 6. The highest BCUT2D eigenvalue weighted by Crippen LogP contribution is 2.51. The molecule has 6 nitrogen and oxygen atoms in total. The molecule has 4 aromatic heterocycles. The van der Waals surface area contributed by atoms with Crippen LogP contribution >= 0.6 is 0 Å². The van der Waals surface area contributed by atoms with E-state index in [0.29, 0.717) is 7.55 Å². The van der Waals surface area contributed by atoms with Gasteiger partial charge in [0.25, 0.3) is 0 Å². The Morgan fingerprint density at radius 3 is 1.43 bits per heavy atom. The third kappa shape index (κ3) is 2.49. The lowest BCUT2D eigenvalue weighted by Crippen LogP contribution is -2.18. The fourth-order valence-electron chi connectivity index (χ4n) is 7.27. The summed E-state index contributed by atoms with van der Waals surface area (Å²) in [4.78, 5) is 22.2. The van der Waals surface area contributed by atoms with Crippen LogP contribution in [0.2, 0.25) is 0 Å². The van der Waals surface area contributed by atoms with Crippen molar-refractivity contribution in [2.24, 2.45) is 0 Å². The Bertz CT molecular complexity index is 2540. The maximum Gasteiger partial charge on any atom is 0.371 e. The Hall–Kier alpha value is -5.56. The van der Waals surface area contributed by atoms with Crippen LogP contribution in [0.15, 0.2) is 97.6 Å². The SMILES string of the molecule is C=C/C=C1\C(=C/C)c2nc3c4ccccc4c4nc5c6c(nc7c8ccccc8c(nc1c26)n7Bn34)-c1ccccc1-5. The summed E-state index contributed by atoms with van der Waals surface area (Å²) >= 11 is 0. The van der Waals surface area contributed by atoms with Crippen LogP contribution in [-0.2, 0) is 0 Å². The molecule has 0 fully saturated rings. The molecular weight excluding hydrogens is 515 g/mol. The lowest BCUT2D eigenvalue weighted by atomic mass is 10.1. The van der Waals surface area contributed by atoms with Gasteiger partial charge in [0.05, 0.1) is 22.8 Å². The fraction of sp³-hybridized carbons (Fsp3) is 0.0286. The maximum atomic E-state index is 5.55. The van der Waals surface area contributed by atoms with E-state index < -0.39 is 0 Å². The van der Waals surface area contributed by atoms with Gasteiger partial charge in [-0.25, -0.2) is 19.9 Å². The first kappa shape index (κ1) is 22.2. The Kier molecular flexibility index (Phi) is 4.01. The third-order valence-electron chi connectivity index (χ3n) is 9.00. The molecule has 6 heterocycles. The van der Waals surface area contributed by atoms with Gasteiger partial charge in [-0.05, 0) is 6.92 Å². The summed E-state index contributed by atoms with van der Waals surface area (Å²) in [6.07, 6.45) is 6.05. The van der Waals surface area contributed by atoms with Crippen molar-refractivity contribution in [3.05, 3.63) is 109 Å². The average Bonchev–Trinajstić information content (AvgIpc) is 3.69. The van der Waals surface area contributed by atoms with E-state index in [1.165, 1.54) is 0 Å². The highest BCUT2D eigenvalue weighted by atomic mass is 15.2. The summed E-state index contributed by atoms with van der Waals surface area (Å²) in [6, 6.07) is 25.5. The van der Waals surface area contributed by atoms with Crippen molar-refractivity contribution < 1.29 is 0 Å². The zero-order valence-electron chi connectivity index (χ0n) is 22.8. The predicted molar refractivity (Wildman–Crippen MR) is 173 cm³/mol. The van der Waals surface area contributed by atoms with E-state index >= 15 is 0 Å². The van der Waals surface area contributed by atoms with Gasteiger partial charge in [-0.1, -0.05) is 97.6 Å². The summed E-state index contributed by atoms with van der Waals surface area (Å²) in [7, 11) is 0.479. The molecule has 0 amide bonds. The molecule has 0 N–H and O–H groups in total. The molecule has 4 aliphatic rings. The van der Waals surface area contributed by atoms with Gasteiger partial charge in [-0.15, -0.1) is 0 Å². The predicted octanol–water partition coefficient (Wildman–Crippen LogP) is 7.37. The van der Waals surface area contributed by atoms with E-state index in [1.807, 2.05) is 6.08 Å². The van der Waals surface area contributed by atoms with Crippen molar-refractivity contribution in [3.63, 3.8) is 0 Å². The molecule has 0 radical (unpaired) electrons. The number of fused-ring (bicyclic) bond motifs is 3. The van der Waals surface area contributed by atoms with Crippen molar-refractivity contribution in [1.29, 1.82) is 0 Å². The maximum absolute atomic E-state index is 5.55. The Morgan fingerprint density at radius 1 is 0.571 bits per heavy atom. The van der Waals surface area contributed by atoms with E-state index in [4.69, 9.17) is 19.9 Å². The minimum atomic E-state index is 0.479. The van der Waals surface area contributed by atoms with Gasteiger partial charge in [0.1, 0.15) is 22.6 Å². The summed E-state index contributed by atoms with van der Waals surface area (Å²) in [6.45, 7) is 6.15. The lowest BCUT2D eigenvalue weighted by Gasteiger charge is -2.07. The van der Waals surface area contributed by atoms with Crippen molar-refractivity contribution in [1.82, 2.24) is 28.9 Å². The Balaban J connectivity index is 1.68. The normalized spacial score (nSPS) is 15.6. The van der Waals surface area contributed by atoms with Gasteiger partial charge in [0.15, 0.2) is 0 Å². The summed E-state index contributed by atoms with van der Waals surface area (Å²) in [5, 5.41) is 6.27. The van der Waals surface area contributed by atoms with Gasteiger partial charge in [0.2, 0.25) is 0 Å². The highest BCUT2D eigenvalue weighted by molar-refractivity contribution is 6.41. The number of benzene rings is 3. The zero-order chi connectivity index (χ0) is 27.7. The molecule has 0 saturated heterocycles. The van der Waals surface area contributed by atoms with Crippen LogP contribution in [0.1, 0.15) is 18.3 Å². The molecule has 194 valence electrons. The molecule has 2 aliphatic heterocycles. The van der Waals surface area contributed by atoms with E-state index in [-0.39, 0.29) is 0 Å². The minimum absolute atomic E-state index is 0.479. The molecule has 0 unspecified atom stereocenters. The molecular formula is C35H21BN6. The number of rotatable bonds is 1. The second-order valence-electron chi connectivity index (χ2n) is 11.0. The van der Waals surface area contributed by atoms with Crippen molar-refractivity contribution >= 4 is 73.6 Å². The van der Waals surface area contributed by atoms with Crippen LogP contribution < -0.4 is 0 Å². The topological polar surface area (TPSA) is 61.4 Å². The number of hydrogen-bond donors (Lipinski definition) is 0. The first-order valence-corrected chi connectivity index (χ1v) is 14.2. The Labute approximate surface area is 240 Å². The van der Waals surface area contributed by atoms with E-state index in [0.717, 1.165) is 100.0 Å². The molecule has 3 aromatic carbocycles. The van der Waals surface area contributed by atoms with E-state index in [9.17, 15) is 0 Å². The second kappa shape index (κ2) is 7.59. The molecule has 0 atom stereocenters. The average molecular weight is 536 g/mol. The molecule has 42 heavy (non-hydrogen) atoms. The lowest BCUT2D eigenvalue weighted by molar-refractivity contribution is 1.14. The van der Waals surface area contributed by atoms with Crippen LogP contribution in [0.3, 0.4) is 0 Å². The first-order chi connectivity index (χ1) is 20.8. The van der Waals surface area contributed by atoms with Crippen LogP contribution in [0.25, 0.3) is 88.6 Å². The van der Waals surface area contributed by atoms with Gasteiger partial charge >= 0.3 is 7.55 Å². The summed E-state index contributed by atoms with van der Waals surface area (Å²) in [5.74, 6) is 0. The van der Waals surface area contributed by atoms with E-state index in [1.54, 1.807) is 0 Å². The molecule has 2 aliphatic carbocycles. The van der Waals surface area contributed by atoms with E-state index in [2.05, 4.69) is 107 Å². The minimum Gasteiger partial charge on any atom is -0.337 e. The highest BCUT2D eigenvalue weighted by Gasteiger charge is 2.34. The van der Waals surface area contributed by atoms with Crippen LogP contribution in [-0.4, -0.2) is 36.4 Å². The smallest absolute Gasteiger partial charge is 0.337 e. The summed E-state index contributed by atoms with van der Waals surface area (Å²) < 4.78 is 4.50. The zero-order valence-corrected chi connectivity index (χ0v) is 22.8. The van der Waals surface area contributed by atoms with Gasteiger partial charge < -0.3 is 8.96 Å². The standard InChI is InChI=1S/C35H21BN6/c1-3-11-19-18(4-2)28-26-27-30-20-12-5-6-13-21(20)31(27)40-35-25-17-10-9-16-24(25)33(38-29(19)26)42(35)36-41-32(37-28)22-14-7-8-15-23(22)34(41)39-30/h3-17,36H,1H2,2H3/b18-4+,19-11+,27-26?,37-28?,37-32?,38-29?,38-33?,39-30?,39-34?,40-31?,40-35?. The van der Waals surface area contributed by atoms with Crippen molar-refractivity contribution in [3.8, 4) is 22.5 Å². The van der Waals surface area contributed by atoms with Gasteiger partial charge in [-0.2, -0.15) is 0 Å². The van der Waals surface area contributed by atoms with Crippen molar-refractivity contribution in [2.75, 3.05) is 0 Å². The third-order valence-corrected chi connectivity index (χ3v) is 9.00. The van der Waals surface area contributed by atoms with Crippen LogP contribution in [0, 0.1) is 0 Å². The monoisotopic (exact) mass is 536 g/mol. The van der Waals surface area contributed by atoms with Crippen LogP contribution in [0.4, 0.5) is 0 Å². The fourth-order valence-corrected chi connectivity index (χ4v) is 7.27. The molecule has 12 bridgehead atoms. The second-order valence-corrected chi connectivity index (χ2v) is 11.0. The number of hydrogen-bond acceptors (Lipinski definition) is 4. The van der Waals surface area contributed by atoms with Crippen molar-refractivity contribution in [2.45, 2.75) is 6.92 Å². The van der Waals surface area contributed by atoms with Gasteiger partial charge in [0, 0.05) is 54.6 Å². The number of aromatic nitrogens is 6. The molecule has 11 rings (SSSR count). The molecule has 0 spiro atoms. The largest absolute Gasteiger partial charge is 0.371 e. The molecule has 7 aromatic rings. The number of allylic oxidation sites excluding steroid dienone is 5. The van der Waals surface area contributed by atoms with Gasteiger partial charge in [-0.3, -0.25) is 0 Å². The van der Waals surface area contributed by atoms with Crippen LogP contribution in [0.5, 0.6) is 0 Å². The first-order valence-electron chi connectivity index (χ1n) is 14.2. The summed E-state index contributed by atoms with van der Waals surface area (Å²) in [5.41, 5.74) is 11.4. The molecule has 0 saturated carbocycles. The quantitative estimate of drug-likeness (QED) is 0.206. The Morgan fingerprint density at radius 2 is 0.976 bits per heavy atom.